The molecule has 1 atom stereocenters. The van der Waals surface area contributed by atoms with Crippen LogP contribution in [0.5, 0.6) is 0 Å². The normalized spacial score (nSPS) is 17.0. The standard InChI is InChI=1S/C19H17NO4S/c1-12-9-15-10-14(7-8-16(15)20(12)25(2,22)23)19(21)18-11-13-5-3-4-6-17(13)24-18/h3-8,10-12H,9H2,1-2H3. The van der Waals surface area contributed by atoms with Crippen LogP contribution in [0.4, 0.5) is 5.69 Å². The lowest BCUT2D eigenvalue weighted by Gasteiger charge is -2.21. The summed E-state index contributed by atoms with van der Waals surface area (Å²) >= 11 is 0. The number of furan rings is 1. The molecule has 0 radical (unpaired) electrons. The molecule has 128 valence electrons. The SMILES string of the molecule is CC1Cc2cc(C(=O)c3cc4ccccc4o3)ccc2N1S(C)(=O)=O. The van der Waals surface area contributed by atoms with Crippen molar-refractivity contribution in [3.63, 3.8) is 0 Å². The van der Waals surface area contributed by atoms with Gasteiger partial charge in [-0.15, -0.1) is 0 Å². The van der Waals surface area contributed by atoms with Crippen LogP contribution >= 0.6 is 0 Å². The number of rotatable bonds is 3. The largest absolute Gasteiger partial charge is 0.453 e. The van der Waals surface area contributed by atoms with E-state index in [1.54, 1.807) is 24.3 Å². The maximum atomic E-state index is 12.8. The molecule has 0 amide bonds. The minimum atomic E-state index is -3.34. The van der Waals surface area contributed by atoms with E-state index >= 15 is 0 Å². The molecule has 1 aromatic heterocycles. The van der Waals surface area contributed by atoms with Gasteiger partial charge in [0.15, 0.2) is 5.76 Å². The topological polar surface area (TPSA) is 67.6 Å². The molecule has 1 aliphatic heterocycles. The molecule has 1 aliphatic rings. The first-order valence-electron chi connectivity index (χ1n) is 8.00. The number of benzene rings is 2. The molecule has 25 heavy (non-hydrogen) atoms. The molecule has 0 N–H and O–H groups in total. The number of hydrogen-bond donors (Lipinski definition) is 0. The molecule has 0 aliphatic carbocycles. The second kappa shape index (κ2) is 5.46. The number of sulfonamides is 1. The maximum Gasteiger partial charge on any atom is 0.232 e. The molecular weight excluding hydrogens is 338 g/mol. The smallest absolute Gasteiger partial charge is 0.232 e. The molecule has 0 saturated carbocycles. The lowest BCUT2D eigenvalue weighted by molar-refractivity contribution is 0.101. The zero-order valence-corrected chi connectivity index (χ0v) is 14.7. The third-order valence-electron chi connectivity index (χ3n) is 4.50. The average Bonchev–Trinajstić information content (AvgIpc) is 3.12. The number of carbonyl (C=O) groups excluding carboxylic acids is 1. The highest BCUT2D eigenvalue weighted by molar-refractivity contribution is 7.92. The minimum absolute atomic E-state index is 0.151. The average molecular weight is 355 g/mol. The Morgan fingerprint density at radius 1 is 1.16 bits per heavy atom. The second-order valence-electron chi connectivity index (χ2n) is 6.43. The van der Waals surface area contributed by atoms with Gasteiger partial charge in [0, 0.05) is 17.0 Å². The molecule has 4 rings (SSSR count). The van der Waals surface area contributed by atoms with Crippen molar-refractivity contribution < 1.29 is 17.6 Å². The van der Waals surface area contributed by atoms with Crippen molar-refractivity contribution in [3.8, 4) is 0 Å². The molecule has 0 saturated heterocycles. The predicted molar refractivity (Wildman–Crippen MR) is 96.6 cm³/mol. The predicted octanol–water partition coefficient (Wildman–Crippen LogP) is 3.37. The van der Waals surface area contributed by atoms with Crippen LogP contribution in [0.3, 0.4) is 0 Å². The van der Waals surface area contributed by atoms with Gasteiger partial charge < -0.3 is 4.42 Å². The van der Waals surface area contributed by atoms with Gasteiger partial charge in [0.05, 0.1) is 11.9 Å². The number of nitrogens with zero attached hydrogens (tertiary/aromatic N) is 1. The second-order valence-corrected chi connectivity index (χ2v) is 8.29. The zero-order chi connectivity index (χ0) is 17.8. The molecule has 0 bridgehead atoms. The van der Waals surface area contributed by atoms with E-state index in [-0.39, 0.29) is 17.6 Å². The Kier molecular flexibility index (Phi) is 3.47. The van der Waals surface area contributed by atoms with E-state index in [0.717, 1.165) is 10.9 Å². The van der Waals surface area contributed by atoms with Gasteiger partial charge in [0.1, 0.15) is 5.58 Å². The minimum Gasteiger partial charge on any atom is -0.453 e. The van der Waals surface area contributed by atoms with Crippen molar-refractivity contribution in [2.45, 2.75) is 19.4 Å². The quantitative estimate of drug-likeness (QED) is 0.676. The summed E-state index contributed by atoms with van der Waals surface area (Å²) in [4.78, 5) is 12.8. The Bertz CT molecular complexity index is 1060. The first kappa shape index (κ1) is 15.9. The molecular formula is C19H17NO4S. The lowest BCUT2D eigenvalue weighted by atomic mass is 10.0. The van der Waals surface area contributed by atoms with Crippen LogP contribution < -0.4 is 4.31 Å². The van der Waals surface area contributed by atoms with Gasteiger partial charge in [0.25, 0.3) is 0 Å². The van der Waals surface area contributed by atoms with E-state index in [4.69, 9.17) is 4.42 Å². The van der Waals surface area contributed by atoms with Gasteiger partial charge >= 0.3 is 0 Å². The molecule has 0 spiro atoms. The van der Waals surface area contributed by atoms with E-state index in [0.29, 0.717) is 23.3 Å². The van der Waals surface area contributed by atoms with Crippen molar-refractivity contribution >= 4 is 32.5 Å². The fourth-order valence-electron chi connectivity index (χ4n) is 3.49. The zero-order valence-electron chi connectivity index (χ0n) is 13.9. The number of carbonyl (C=O) groups is 1. The fourth-order valence-corrected chi connectivity index (χ4v) is 4.75. The third-order valence-corrected chi connectivity index (χ3v) is 5.77. The van der Waals surface area contributed by atoms with Crippen LogP contribution in [0.2, 0.25) is 0 Å². The summed E-state index contributed by atoms with van der Waals surface area (Å²) in [6, 6.07) is 14.2. The molecule has 3 aromatic rings. The number of anilines is 1. The van der Waals surface area contributed by atoms with Crippen LogP contribution in [0.25, 0.3) is 11.0 Å². The van der Waals surface area contributed by atoms with Crippen molar-refractivity contribution in [3.05, 3.63) is 65.4 Å². The van der Waals surface area contributed by atoms with E-state index < -0.39 is 10.0 Å². The number of para-hydroxylation sites is 1. The summed E-state index contributed by atoms with van der Waals surface area (Å²) in [5.41, 5.74) is 2.68. The van der Waals surface area contributed by atoms with E-state index in [2.05, 4.69) is 0 Å². The van der Waals surface area contributed by atoms with Gasteiger partial charge in [-0.1, -0.05) is 18.2 Å². The molecule has 5 nitrogen and oxygen atoms in total. The van der Waals surface area contributed by atoms with Gasteiger partial charge in [0.2, 0.25) is 15.8 Å². The summed E-state index contributed by atoms with van der Waals surface area (Å²) in [7, 11) is -3.34. The monoisotopic (exact) mass is 355 g/mol. The summed E-state index contributed by atoms with van der Waals surface area (Å²) in [5, 5.41) is 0.879. The van der Waals surface area contributed by atoms with Crippen LogP contribution in [0.1, 0.15) is 28.6 Å². The van der Waals surface area contributed by atoms with Crippen molar-refractivity contribution in [2.24, 2.45) is 0 Å². The van der Waals surface area contributed by atoms with Crippen molar-refractivity contribution in [1.29, 1.82) is 0 Å². The molecule has 2 heterocycles. The van der Waals surface area contributed by atoms with Gasteiger partial charge in [-0.25, -0.2) is 8.42 Å². The molecule has 6 heteroatoms. The first-order valence-corrected chi connectivity index (χ1v) is 9.85. The van der Waals surface area contributed by atoms with E-state index in [1.807, 2.05) is 31.2 Å². The first-order chi connectivity index (χ1) is 11.8. The van der Waals surface area contributed by atoms with E-state index in [1.165, 1.54) is 10.6 Å². The van der Waals surface area contributed by atoms with Crippen molar-refractivity contribution in [1.82, 2.24) is 0 Å². The number of fused-ring (bicyclic) bond motifs is 2. The van der Waals surface area contributed by atoms with E-state index in [9.17, 15) is 13.2 Å². The summed E-state index contributed by atoms with van der Waals surface area (Å²) in [6.45, 7) is 1.86. The Balaban J connectivity index is 1.73. The van der Waals surface area contributed by atoms with Crippen LogP contribution in [-0.2, 0) is 16.4 Å². The Labute approximate surface area is 145 Å². The summed E-state index contributed by atoms with van der Waals surface area (Å²) < 4.78 is 31.0. The maximum absolute atomic E-state index is 12.8. The van der Waals surface area contributed by atoms with Crippen LogP contribution in [0.15, 0.2) is 52.9 Å². The highest BCUT2D eigenvalue weighted by atomic mass is 32.2. The Hall–Kier alpha value is -2.60. The number of ketones is 1. The summed E-state index contributed by atoms with van der Waals surface area (Å²) in [6.07, 6.45) is 1.79. The highest BCUT2D eigenvalue weighted by Crippen LogP contribution is 2.35. The fraction of sp³-hybridized carbons (Fsp3) is 0.211. The van der Waals surface area contributed by atoms with Gasteiger partial charge in [-0.05, 0) is 49.2 Å². The Morgan fingerprint density at radius 3 is 2.64 bits per heavy atom. The lowest BCUT2D eigenvalue weighted by Crippen LogP contribution is -2.34. The highest BCUT2D eigenvalue weighted by Gasteiger charge is 2.33. The molecule has 2 aromatic carbocycles. The van der Waals surface area contributed by atoms with Gasteiger partial charge in [-0.3, -0.25) is 9.10 Å². The Morgan fingerprint density at radius 2 is 1.92 bits per heavy atom. The van der Waals surface area contributed by atoms with Crippen LogP contribution in [0, 0.1) is 0 Å². The van der Waals surface area contributed by atoms with Crippen molar-refractivity contribution in [2.75, 3.05) is 10.6 Å². The molecule has 1 unspecified atom stereocenters. The summed E-state index contributed by atoms with van der Waals surface area (Å²) in [5.74, 6) is 0.0802. The number of hydrogen-bond acceptors (Lipinski definition) is 4. The van der Waals surface area contributed by atoms with Gasteiger partial charge in [-0.2, -0.15) is 0 Å². The van der Waals surface area contributed by atoms with Crippen LogP contribution in [-0.4, -0.2) is 26.5 Å². The molecule has 0 fully saturated rings. The third kappa shape index (κ3) is 2.62.